The summed E-state index contributed by atoms with van der Waals surface area (Å²) in [5.74, 6) is 0. The van der Waals surface area contributed by atoms with Crippen LogP contribution in [0.4, 0.5) is 5.69 Å². The van der Waals surface area contributed by atoms with Gasteiger partial charge in [-0.2, -0.15) is 5.10 Å². The predicted molar refractivity (Wildman–Crippen MR) is 95.9 cm³/mol. The molecule has 7 heteroatoms. The highest BCUT2D eigenvalue weighted by Gasteiger charge is 2.15. The number of hydrogen-bond acceptors (Lipinski definition) is 4. The molecule has 114 valence electrons. The molecule has 4 rings (SSSR count). The zero-order valence-corrected chi connectivity index (χ0v) is 14.1. The molecule has 1 N–H and O–H groups in total. The average Bonchev–Trinajstić information content (AvgIpc) is 2.95. The molecule has 0 amide bonds. The summed E-state index contributed by atoms with van der Waals surface area (Å²) < 4.78 is 2.54. The first-order valence-electron chi connectivity index (χ1n) is 7.07. The van der Waals surface area contributed by atoms with Crippen LogP contribution in [0.1, 0.15) is 5.56 Å². The van der Waals surface area contributed by atoms with Gasteiger partial charge in [0.05, 0.1) is 9.77 Å². The molecule has 0 unspecified atom stereocenters. The zero-order valence-electron chi connectivity index (χ0n) is 12.0. The molecule has 0 atom stereocenters. The molecule has 0 saturated heterocycles. The molecule has 2 aromatic carbocycles. The summed E-state index contributed by atoms with van der Waals surface area (Å²) in [6.45, 7) is 0.717. The van der Waals surface area contributed by atoms with Gasteiger partial charge in [-0.3, -0.25) is 0 Å². The largest absolute Gasteiger partial charge is 0.594 e. The molecule has 0 radical (unpaired) electrons. The fraction of sp³-hybridized carbons (Fsp3) is 0.0625. The number of anilines is 1. The Hall–Kier alpha value is -2.42. The predicted octanol–water partition coefficient (Wildman–Crippen LogP) is 2.73. The van der Waals surface area contributed by atoms with Crippen LogP contribution >= 0.6 is 22.6 Å². The molecule has 4 aromatic rings. The van der Waals surface area contributed by atoms with Crippen molar-refractivity contribution in [3.8, 4) is 0 Å². The number of fused-ring (bicyclic) bond motifs is 3. The summed E-state index contributed by atoms with van der Waals surface area (Å²) in [6, 6.07) is 15.7. The maximum absolute atomic E-state index is 12.1. The van der Waals surface area contributed by atoms with Crippen molar-refractivity contribution in [2.24, 2.45) is 0 Å². The molecule has 6 nitrogen and oxygen atoms in total. The molecule has 2 heterocycles. The molecular formula is C16H12IN5O. The summed E-state index contributed by atoms with van der Waals surface area (Å²) in [7, 11) is 0. The van der Waals surface area contributed by atoms with E-state index in [1.807, 2.05) is 30.3 Å². The average molecular weight is 417 g/mol. The van der Waals surface area contributed by atoms with Gasteiger partial charge in [-0.25, -0.2) is 4.52 Å². The van der Waals surface area contributed by atoms with Gasteiger partial charge < -0.3 is 10.5 Å². The molecule has 0 bridgehead atoms. The summed E-state index contributed by atoms with van der Waals surface area (Å²) in [5.41, 5.74) is 3.90. The van der Waals surface area contributed by atoms with E-state index in [2.05, 4.69) is 50.2 Å². The van der Waals surface area contributed by atoms with Crippen LogP contribution in [0.25, 0.3) is 16.7 Å². The maximum Gasteiger partial charge on any atom is 0.270 e. The van der Waals surface area contributed by atoms with Gasteiger partial charge in [-0.05, 0) is 45.1 Å². The fourth-order valence-electron chi connectivity index (χ4n) is 2.49. The van der Waals surface area contributed by atoms with E-state index in [0.29, 0.717) is 22.6 Å². The Labute approximate surface area is 145 Å². The molecule has 0 saturated carbocycles. The third-order valence-corrected chi connectivity index (χ3v) is 4.40. The smallest absolute Gasteiger partial charge is 0.270 e. The Kier molecular flexibility index (Phi) is 3.49. The molecule has 0 aliphatic rings. The second-order valence-corrected chi connectivity index (χ2v) is 6.31. The molecular weight excluding hydrogens is 405 g/mol. The van der Waals surface area contributed by atoms with Crippen LogP contribution in [0, 0.1) is 8.78 Å². The lowest BCUT2D eigenvalue weighted by molar-refractivity contribution is -0.640. The van der Waals surface area contributed by atoms with Gasteiger partial charge in [0, 0.05) is 23.4 Å². The van der Waals surface area contributed by atoms with Crippen LogP contribution in [0.5, 0.6) is 0 Å². The number of benzene rings is 2. The van der Waals surface area contributed by atoms with Gasteiger partial charge in [0.1, 0.15) is 5.52 Å². The van der Waals surface area contributed by atoms with Gasteiger partial charge >= 0.3 is 0 Å². The quantitative estimate of drug-likeness (QED) is 0.316. The number of rotatable bonds is 3. The van der Waals surface area contributed by atoms with Crippen LogP contribution in [-0.4, -0.2) is 14.7 Å². The van der Waals surface area contributed by atoms with Crippen LogP contribution in [0.15, 0.2) is 54.7 Å². The number of hydrogen-bond donors (Lipinski definition) is 1. The Morgan fingerprint density at radius 2 is 2.00 bits per heavy atom. The van der Waals surface area contributed by atoms with Gasteiger partial charge in [0.25, 0.3) is 5.52 Å². The summed E-state index contributed by atoms with van der Waals surface area (Å²) >= 11 is 2.12. The summed E-state index contributed by atoms with van der Waals surface area (Å²) in [5, 5.41) is 23.8. The van der Waals surface area contributed by atoms with Crippen molar-refractivity contribution in [3.05, 3.63) is 69.1 Å². The van der Waals surface area contributed by atoms with Crippen LogP contribution in [0.2, 0.25) is 0 Å². The fourth-order valence-corrected chi connectivity index (χ4v) is 2.95. The van der Waals surface area contributed by atoms with E-state index in [1.54, 1.807) is 16.8 Å². The van der Waals surface area contributed by atoms with E-state index in [4.69, 9.17) is 0 Å². The number of nitrogens with one attached hydrogen (secondary N) is 1. The first-order chi connectivity index (χ1) is 11.2. The van der Waals surface area contributed by atoms with Gasteiger partial charge in [0.15, 0.2) is 0 Å². The first kappa shape index (κ1) is 14.2. The second-order valence-electron chi connectivity index (χ2n) is 5.14. The van der Waals surface area contributed by atoms with Crippen molar-refractivity contribution in [1.29, 1.82) is 0 Å². The van der Waals surface area contributed by atoms with Gasteiger partial charge in [-0.1, -0.05) is 30.3 Å². The summed E-state index contributed by atoms with van der Waals surface area (Å²) in [6.07, 6.45) is 1.70. The monoisotopic (exact) mass is 417 g/mol. The van der Waals surface area contributed by atoms with E-state index >= 15 is 0 Å². The topological polar surface area (TPSA) is 69.2 Å². The van der Waals surface area contributed by atoms with E-state index in [1.165, 1.54) is 5.56 Å². The highest BCUT2D eigenvalue weighted by atomic mass is 127. The Morgan fingerprint density at radius 3 is 2.83 bits per heavy atom. The number of halogens is 1. The molecule has 0 aliphatic carbocycles. The molecule has 0 spiro atoms. The zero-order chi connectivity index (χ0) is 15.8. The van der Waals surface area contributed by atoms with Crippen LogP contribution in [-0.2, 0) is 6.54 Å². The number of nitrogens with zero attached hydrogens (tertiary/aromatic N) is 4. The van der Waals surface area contributed by atoms with E-state index in [9.17, 15) is 5.21 Å². The maximum atomic E-state index is 12.1. The number of aromatic nitrogens is 4. The first-order valence-corrected chi connectivity index (χ1v) is 8.15. The Balaban J connectivity index is 1.76. The lowest BCUT2D eigenvalue weighted by atomic mass is 10.2. The Morgan fingerprint density at radius 1 is 1.17 bits per heavy atom. The SMILES string of the molecule is [O-][n+]1nc2c(I)cnn2c2cc(NCc3ccccc3)ccc21. The third kappa shape index (κ3) is 2.56. The highest BCUT2D eigenvalue weighted by Crippen LogP contribution is 2.19. The van der Waals surface area contributed by atoms with E-state index in [-0.39, 0.29) is 0 Å². The lowest BCUT2D eigenvalue weighted by Crippen LogP contribution is -2.33. The minimum Gasteiger partial charge on any atom is -0.594 e. The standard InChI is InChI=1S/C16H12IN5O/c17-13-10-19-21-15-8-12(18-9-11-4-2-1-3-5-11)6-7-14(15)22(23)20-16(13)21/h1-8,10,18H,9H2. The van der Waals surface area contributed by atoms with Gasteiger partial charge in [-0.15, -0.1) is 0 Å². The van der Waals surface area contributed by atoms with Crippen molar-refractivity contribution in [3.63, 3.8) is 0 Å². The minimum atomic E-state index is 0.488. The van der Waals surface area contributed by atoms with Gasteiger partial charge in [0.2, 0.25) is 5.65 Å². The van der Waals surface area contributed by atoms with Crippen LogP contribution in [0.3, 0.4) is 0 Å². The van der Waals surface area contributed by atoms with Crippen molar-refractivity contribution in [2.45, 2.75) is 6.54 Å². The van der Waals surface area contributed by atoms with E-state index in [0.717, 1.165) is 14.8 Å². The lowest BCUT2D eigenvalue weighted by Gasteiger charge is -2.08. The molecule has 0 aliphatic heterocycles. The normalized spacial score (nSPS) is 11.2. The van der Waals surface area contributed by atoms with Crippen molar-refractivity contribution in [1.82, 2.24) is 14.7 Å². The van der Waals surface area contributed by atoms with Crippen LogP contribution < -0.4 is 10.2 Å². The van der Waals surface area contributed by atoms with Crippen molar-refractivity contribution in [2.75, 3.05) is 5.32 Å². The second kappa shape index (κ2) is 5.65. The Bertz CT molecular complexity index is 1000. The van der Waals surface area contributed by atoms with Crippen molar-refractivity contribution < 1.29 is 4.85 Å². The summed E-state index contributed by atoms with van der Waals surface area (Å²) in [4.78, 5) is 0.648. The van der Waals surface area contributed by atoms with Crippen molar-refractivity contribution >= 4 is 45.0 Å². The molecule has 23 heavy (non-hydrogen) atoms. The molecule has 0 fully saturated rings. The third-order valence-electron chi connectivity index (χ3n) is 3.64. The minimum absolute atomic E-state index is 0.488. The van der Waals surface area contributed by atoms with E-state index < -0.39 is 0 Å². The molecule has 2 aromatic heterocycles. The highest BCUT2D eigenvalue weighted by molar-refractivity contribution is 14.1.